The molecule has 0 bridgehead atoms. The Morgan fingerprint density at radius 1 is 1.14 bits per heavy atom. The maximum Gasteiger partial charge on any atom is 0.330 e. The normalized spacial score (nSPS) is 10.5. The number of hydrogen-bond donors (Lipinski definition) is 1. The van der Waals surface area contributed by atoms with E-state index >= 15 is 0 Å². The Morgan fingerprint density at radius 3 is 2.57 bits per heavy atom. The molecule has 2 rings (SSSR count). The van der Waals surface area contributed by atoms with Crippen LogP contribution in [0.1, 0.15) is 13.3 Å². The van der Waals surface area contributed by atoms with Crippen LogP contribution in [0.15, 0.2) is 16.6 Å². The van der Waals surface area contributed by atoms with Crippen LogP contribution in [0.2, 0.25) is 10.0 Å². The molecule has 2 N–H and O–H groups in total. The quantitative estimate of drug-likeness (QED) is 0.769. The summed E-state index contributed by atoms with van der Waals surface area (Å²) >= 11 is 15.3. The lowest BCUT2D eigenvalue weighted by atomic mass is 10.3. The first-order valence-electron chi connectivity index (χ1n) is 5.96. The topological polar surface area (TPSA) is 83.2 Å². The van der Waals surface area contributed by atoms with Crippen molar-refractivity contribution >= 4 is 45.1 Å². The summed E-state index contributed by atoms with van der Waals surface area (Å²) in [7, 11) is 0. The second-order valence-electron chi connectivity index (χ2n) is 3.91. The summed E-state index contributed by atoms with van der Waals surface area (Å²) in [6, 6.07) is 3.23. The molecule has 9 heteroatoms. The van der Waals surface area contributed by atoms with E-state index in [1.807, 2.05) is 6.92 Å². The molecule has 6 nitrogen and oxygen atoms in total. The Balaban J connectivity index is 2.27. The molecule has 2 aromatic rings. The van der Waals surface area contributed by atoms with Crippen LogP contribution in [0.25, 0.3) is 0 Å². The highest BCUT2D eigenvalue weighted by Gasteiger charge is 2.12. The van der Waals surface area contributed by atoms with E-state index in [2.05, 4.69) is 30.9 Å². The average Bonchev–Trinajstić information content (AvgIpc) is 2.42. The SMILES string of the molecule is CCCOc1nc(N)nc(Oc2cc(Cl)c(Br)cc2Cl)n1. The molecule has 1 aromatic heterocycles. The molecule has 1 aromatic carbocycles. The molecule has 0 fully saturated rings. The summed E-state index contributed by atoms with van der Waals surface area (Å²) in [5, 5.41) is 0.792. The molecule has 0 unspecified atom stereocenters. The molecule has 0 radical (unpaired) electrons. The fraction of sp³-hybridized carbons (Fsp3) is 0.250. The number of halogens is 3. The van der Waals surface area contributed by atoms with Crippen LogP contribution in [-0.4, -0.2) is 21.6 Å². The largest absolute Gasteiger partial charge is 0.463 e. The first-order valence-corrected chi connectivity index (χ1v) is 7.51. The highest BCUT2D eigenvalue weighted by molar-refractivity contribution is 9.10. The standard InChI is InChI=1S/C12H11BrCl2N4O2/c1-2-3-20-11-17-10(16)18-12(19-11)21-9-5-7(14)6(13)4-8(9)15/h4-5H,2-3H2,1H3,(H2,16,17,18,19). The highest BCUT2D eigenvalue weighted by Crippen LogP contribution is 2.35. The van der Waals surface area contributed by atoms with Crippen LogP contribution in [0.5, 0.6) is 17.8 Å². The van der Waals surface area contributed by atoms with E-state index in [0.29, 0.717) is 26.9 Å². The van der Waals surface area contributed by atoms with Crippen LogP contribution in [-0.2, 0) is 0 Å². The van der Waals surface area contributed by atoms with E-state index in [9.17, 15) is 0 Å². The second-order valence-corrected chi connectivity index (χ2v) is 5.57. The molecule has 0 amide bonds. The van der Waals surface area contributed by atoms with Crippen LogP contribution < -0.4 is 15.2 Å². The van der Waals surface area contributed by atoms with Gasteiger partial charge in [-0.05, 0) is 28.4 Å². The van der Waals surface area contributed by atoms with Gasteiger partial charge in [0, 0.05) is 10.5 Å². The monoisotopic (exact) mass is 392 g/mol. The zero-order chi connectivity index (χ0) is 15.4. The average molecular weight is 394 g/mol. The molecule has 0 aliphatic carbocycles. The third-order valence-electron chi connectivity index (χ3n) is 2.22. The van der Waals surface area contributed by atoms with Crippen molar-refractivity contribution in [2.24, 2.45) is 0 Å². The zero-order valence-corrected chi connectivity index (χ0v) is 14.0. The molecule has 0 aliphatic rings. The van der Waals surface area contributed by atoms with Crippen LogP contribution in [0.4, 0.5) is 5.95 Å². The third kappa shape index (κ3) is 4.33. The fourth-order valence-corrected chi connectivity index (χ4v) is 2.17. The number of nitrogens with two attached hydrogens (primary N) is 1. The number of aromatic nitrogens is 3. The van der Waals surface area contributed by atoms with Crippen LogP contribution in [0.3, 0.4) is 0 Å². The van der Waals surface area contributed by atoms with Crippen molar-refractivity contribution in [3.63, 3.8) is 0 Å². The van der Waals surface area contributed by atoms with E-state index in [0.717, 1.165) is 6.42 Å². The summed E-state index contributed by atoms with van der Waals surface area (Å²) in [5.74, 6) is 0.294. The Hall–Kier alpha value is -1.31. The number of anilines is 1. The molecular formula is C12H11BrCl2N4O2. The summed E-state index contributed by atoms with van der Waals surface area (Å²) in [5.41, 5.74) is 5.59. The lowest BCUT2D eigenvalue weighted by Gasteiger charge is -2.09. The van der Waals surface area contributed by atoms with Gasteiger partial charge >= 0.3 is 12.0 Å². The molecule has 112 valence electrons. The summed E-state index contributed by atoms with van der Waals surface area (Å²) in [6.45, 7) is 2.43. The number of nitrogen functional groups attached to an aromatic ring is 1. The maximum absolute atomic E-state index is 6.07. The fourth-order valence-electron chi connectivity index (χ4n) is 1.34. The van der Waals surface area contributed by atoms with Crippen molar-refractivity contribution in [1.82, 2.24) is 15.0 Å². The Bertz CT molecular complexity index is 657. The minimum absolute atomic E-state index is 0.00886. The van der Waals surface area contributed by atoms with Gasteiger partial charge < -0.3 is 15.2 Å². The molecule has 0 spiro atoms. The van der Waals surface area contributed by atoms with Gasteiger partial charge in [0.1, 0.15) is 0 Å². The van der Waals surface area contributed by atoms with Gasteiger partial charge in [0.05, 0.1) is 16.7 Å². The number of nitrogens with zero attached hydrogens (tertiary/aromatic N) is 3. The van der Waals surface area contributed by atoms with Gasteiger partial charge in [-0.2, -0.15) is 9.97 Å². The second kappa shape index (κ2) is 7.11. The van der Waals surface area contributed by atoms with Gasteiger partial charge in [0.15, 0.2) is 5.75 Å². The van der Waals surface area contributed by atoms with E-state index < -0.39 is 0 Å². The van der Waals surface area contributed by atoms with Crippen molar-refractivity contribution in [2.45, 2.75) is 13.3 Å². The third-order valence-corrected chi connectivity index (χ3v) is 3.72. The van der Waals surface area contributed by atoms with Crippen molar-refractivity contribution in [2.75, 3.05) is 12.3 Å². The van der Waals surface area contributed by atoms with E-state index in [1.165, 1.54) is 0 Å². The van der Waals surface area contributed by atoms with Gasteiger partial charge in [-0.25, -0.2) is 0 Å². The van der Waals surface area contributed by atoms with Gasteiger partial charge in [0.25, 0.3) is 0 Å². The van der Waals surface area contributed by atoms with Crippen LogP contribution >= 0.6 is 39.1 Å². The Morgan fingerprint density at radius 2 is 1.86 bits per heavy atom. The van der Waals surface area contributed by atoms with E-state index in [4.69, 9.17) is 38.4 Å². The molecule has 21 heavy (non-hydrogen) atoms. The van der Waals surface area contributed by atoms with Crippen molar-refractivity contribution in [3.8, 4) is 17.8 Å². The predicted octanol–water partition coefficient (Wildman–Crippen LogP) is 4.10. The van der Waals surface area contributed by atoms with Crippen molar-refractivity contribution < 1.29 is 9.47 Å². The zero-order valence-electron chi connectivity index (χ0n) is 10.9. The van der Waals surface area contributed by atoms with Gasteiger partial charge in [-0.15, -0.1) is 4.98 Å². The molecule has 0 saturated heterocycles. The number of benzene rings is 1. The predicted molar refractivity (Wildman–Crippen MR) is 84.3 cm³/mol. The lowest BCUT2D eigenvalue weighted by molar-refractivity contribution is 0.285. The molecule has 0 aliphatic heterocycles. The van der Waals surface area contributed by atoms with E-state index in [1.54, 1.807) is 12.1 Å². The number of hydrogen-bond acceptors (Lipinski definition) is 6. The Kier molecular flexibility index (Phi) is 5.44. The van der Waals surface area contributed by atoms with Crippen molar-refractivity contribution in [1.29, 1.82) is 0 Å². The smallest absolute Gasteiger partial charge is 0.330 e. The summed E-state index contributed by atoms with van der Waals surface area (Å²) in [6.07, 6.45) is 0.815. The molecule has 1 heterocycles. The molecular weight excluding hydrogens is 383 g/mol. The summed E-state index contributed by atoms with van der Waals surface area (Å²) < 4.78 is 11.4. The minimum Gasteiger partial charge on any atom is -0.463 e. The molecule has 0 saturated carbocycles. The van der Waals surface area contributed by atoms with Crippen molar-refractivity contribution in [3.05, 3.63) is 26.7 Å². The number of rotatable bonds is 5. The van der Waals surface area contributed by atoms with Crippen LogP contribution in [0, 0.1) is 0 Å². The number of ether oxygens (including phenoxy) is 2. The summed E-state index contributed by atoms with van der Waals surface area (Å²) in [4.78, 5) is 11.7. The minimum atomic E-state index is -0.0195. The van der Waals surface area contributed by atoms with Gasteiger partial charge in [-0.3, -0.25) is 0 Å². The lowest BCUT2D eigenvalue weighted by Crippen LogP contribution is -2.05. The Labute approximate surface area is 139 Å². The first kappa shape index (κ1) is 16.1. The first-order chi connectivity index (χ1) is 9.99. The molecule has 0 atom stereocenters. The van der Waals surface area contributed by atoms with E-state index in [-0.39, 0.29) is 18.0 Å². The maximum atomic E-state index is 6.07. The van der Waals surface area contributed by atoms with Gasteiger partial charge in [-0.1, -0.05) is 30.1 Å². The van der Waals surface area contributed by atoms with Gasteiger partial charge in [0.2, 0.25) is 5.95 Å². The highest BCUT2D eigenvalue weighted by atomic mass is 79.9.